The molecular formula is C21H12Cl2N8O6S. The Labute approximate surface area is 226 Å². The van der Waals surface area contributed by atoms with Crippen LogP contribution in [0.4, 0.5) is 22.7 Å². The Morgan fingerprint density at radius 2 is 1.68 bits per heavy atom. The average molecular weight is 575 g/mol. The van der Waals surface area contributed by atoms with Crippen molar-refractivity contribution in [2.24, 2.45) is 5.10 Å². The molecule has 0 amide bonds. The van der Waals surface area contributed by atoms with Gasteiger partial charge < -0.3 is 0 Å². The zero-order valence-corrected chi connectivity index (χ0v) is 20.9. The van der Waals surface area contributed by atoms with Crippen LogP contribution in [0.1, 0.15) is 5.56 Å². The number of anilines is 1. The van der Waals surface area contributed by atoms with Gasteiger partial charge >= 0.3 is 5.69 Å². The molecule has 0 saturated heterocycles. The van der Waals surface area contributed by atoms with Crippen LogP contribution in [-0.4, -0.2) is 36.2 Å². The Morgan fingerprint density at radius 1 is 0.921 bits per heavy atom. The molecule has 3 aromatic carbocycles. The van der Waals surface area contributed by atoms with Gasteiger partial charge in [-0.3, -0.25) is 40.9 Å². The second kappa shape index (κ2) is 11.2. The molecule has 0 unspecified atom stereocenters. The van der Waals surface area contributed by atoms with E-state index in [0.29, 0.717) is 27.0 Å². The fourth-order valence-corrected chi connectivity index (χ4v) is 4.39. The molecule has 0 aliphatic carbocycles. The molecule has 0 radical (unpaired) electrons. The van der Waals surface area contributed by atoms with E-state index in [1.807, 2.05) is 0 Å². The number of hydrazone groups is 1. The van der Waals surface area contributed by atoms with E-state index >= 15 is 0 Å². The molecule has 0 spiro atoms. The standard InChI is InChI=1S/C21H12Cl2N8O6S/c22-12-2-4-14(15(23)8-12)20-25-21(28-27-20)38-19-6-1-11(7-18(19)31(36)37)10-24-26-16-5-3-13(29(32)33)9-17(16)30(34)35/h1-10,26H,(H,25,27,28). The SMILES string of the molecule is O=[N+]([O-])c1ccc(NN=Cc2ccc(Sc3n[nH]c(-c4ccc(Cl)cc4Cl)n3)c([N+](=O)[O-])c2)c([N+](=O)[O-])c1. The first-order chi connectivity index (χ1) is 18.1. The molecule has 4 rings (SSSR count). The van der Waals surface area contributed by atoms with Gasteiger partial charge in [-0.05, 0) is 42.1 Å². The van der Waals surface area contributed by atoms with Crippen LogP contribution in [0.25, 0.3) is 11.4 Å². The summed E-state index contributed by atoms with van der Waals surface area (Å²) < 4.78 is 0. The third-order valence-electron chi connectivity index (χ3n) is 4.82. The van der Waals surface area contributed by atoms with E-state index in [9.17, 15) is 30.3 Å². The predicted molar refractivity (Wildman–Crippen MR) is 140 cm³/mol. The minimum atomic E-state index is -0.795. The van der Waals surface area contributed by atoms with Crippen LogP contribution < -0.4 is 5.43 Å². The van der Waals surface area contributed by atoms with Crippen LogP contribution in [0.2, 0.25) is 10.0 Å². The topological polar surface area (TPSA) is 195 Å². The molecule has 1 heterocycles. The lowest BCUT2D eigenvalue weighted by Gasteiger charge is -2.03. The molecule has 0 aliphatic rings. The Morgan fingerprint density at radius 3 is 2.37 bits per heavy atom. The van der Waals surface area contributed by atoms with E-state index in [-0.39, 0.29) is 21.4 Å². The highest BCUT2D eigenvalue weighted by Gasteiger charge is 2.20. The summed E-state index contributed by atoms with van der Waals surface area (Å²) in [5.41, 5.74) is 1.93. The van der Waals surface area contributed by atoms with E-state index in [2.05, 4.69) is 25.7 Å². The number of hydrogen-bond acceptors (Lipinski definition) is 11. The van der Waals surface area contributed by atoms with Gasteiger partial charge in [-0.2, -0.15) is 5.10 Å². The van der Waals surface area contributed by atoms with Crippen molar-refractivity contribution in [1.82, 2.24) is 15.2 Å². The second-order valence-corrected chi connectivity index (χ2v) is 9.12. The van der Waals surface area contributed by atoms with Crippen molar-refractivity contribution in [3.8, 4) is 11.4 Å². The van der Waals surface area contributed by atoms with Crippen LogP contribution in [0, 0.1) is 30.3 Å². The highest BCUT2D eigenvalue weighted by atomic mass is 35.5. The molecule has 0 bridgehead atoms. The third kappa shape index (κ3) is 6.03. The van der Waals surface area contributed by atoms with E-state index in [4.69, 9.17) is 23.2 Å². The summed E-state index contributed by atoms with van der Waals surface area (Å²) in [5, 5.41) is 45.5. The van der Waals surface area contributed by atoms with Gasteiger partial charge in [0.15, 0.2) is 5.82 Å². The van der Waals surface area contributed by atoms with Crippen LogP contribution in [0.3, 0.4) is 0 Å². The van der Waals surface area contributed by atoms with Crippen molar-refractivity contribution < 1.29 is 14.8 Å². The number of nitrogens with one attached hydrogen (secondary N) is 2. The molecule has 17 heteroatoms. The maximum atomic E-state index is 11.7. The lowest BCUT2D eigenvalue weighted by atomic mass is 10.2. The quantitative estimate of drug-likeness (QED) is 0.134. The Bertz CT molecular complexity index is 1610. The molecule has 0 saturated carbocycles. The van der Waals surface area contributed by atoms with Crippen molar-refractivity contribution >= 4 is 63.9 Å². The number of rotatable bonds is 9. The number of aromatic amines is 1. The molecule has 38 heavy (non-hydrogen) atoms. The Kier molecular flexibility index (Phi) is 7.80. The third-order valence-corrected chi connectivity index (χ3v) is 6.30. The highest BCUT2D eigenvalue weighted by Crippen LogP contribution is 2.35. The van der Waals surface area contributed by atoms with Crippen molar-refractivity contribution in [1.29, 1.82) is 0 Å². The van der Waals surface area contributed by atoms with Crippen LogP contribution in [0.15, 0.2) is 69.8 Å². The fourth-order valence-electron chi connectivity index (χ4n) is 3.09. The zero-order chi connectivity index (χ0) is 27.4. The zero-order valence-electron chi connectivity index (χ0n) is 18.6. The number of nitro benzene ring substituents is 3. The Hall–Kier alpha value is -4.60. The van der Waals surface area contributed by atoms with Crippen LogP contribution >= 0.6 is 35.0 Å². The average Bonchev–Trinajstić information content (AvgIpc) is 3.32. The van der Waals surface area contributed by atoms with Gasteiger partial charge in [0.25, 0.3) is 11.4 Å². The molecule has 4 aromatic rings. The van der Waals surface area contributed by atoms with Gasteiger partial charge in [-0.1, -0.05) is 29.3 Å². The number of nitro groups is 3. The highest BCUT2D eigenvalue weighted by molar-refractivity contribution is 7.99. The molecule has 1 aromatic heterocycles. The first kappa shape index (κ1) is 26.5. The second-order valence-electron chi connectivity index (χ2n) is 7.26. The maximum absolute atomic E-state index is 11.7. The lowest BCUT2D eigenvalue weighted by Crippen LogP contribution is -1.99. The van der Waals surface area contributed by atoms with E-state index < -0.39 is 26.1 Å². The number of halogens is 2. The number of hydrogen-bond donors (Lipinski definition) is 2. The summed E-state index contributed by atoms with van der Waals surface area (Å²) >= 11 is 13.1. The normalized spacial score (nSPS) is 11.0. The predicted octanol–water partition coefficient (Wildman–Crippen LogP) is 6.10. The summed E-state index contributed by atoms with van der Waals surface area (Å²) in [4.78, 5) is 36.2. The fraction of sp³-hybridized carbons (Fsp3) is 0. The van der Waals surface area contributed by atoms with Gasteiger partial charge in [0.1, 0.15) is 5.69 Å². The molecule has 2 N–H and O–H groups in total. The van der Waals surface area contributed by atoms with E-state index in [1.54, 1.807) is 18.2 Å². The molecule has 0 fully saturated rings. The van der Waals surface area contributed by atoms with Gasteiger partial charge in [0.05, 0.1) is 37.0 Å². The molecule has 192 valence electrons. The molecule has 14 nitrogen and oxygen atoms in total. The van der Waals surface area contributed by atoms with Crippen molar-refractivity contribution in [2.45, 2.75) is 10.1 Å². The van der Waals surface area contributed by atoms with Crippen LogP contribution in [-0.2, 0) is 0 Å². The number of nitrogens with zero attached hydrogens (tertiary/aromatic N) is 6. The molecule has 0 atom stereocenters. The number of benzene rings is 3. The summed E-state index contributed by atoms with van der Waals surface area (Å²) in [6.45, 7) is 0. The van der Waals surface area contributed by atoms with Crippen molar-refractivity contribution in [3.05, 3.63) is 101 Å². The summed E-state index contributed by atoms with van der Waals surface area (Å²) in [6.07, 6.45) is 1.21. The monoisotopic (exact) mass is 574 g/mol. The number of H-pyrrole nitrogens is 1. The minimum absolute atomic E-state index is 0.0975. The van der Waals surface area contributed by atoms with Gasteiger partial charge in [0.2, 0.25) is 5.16 Å². The summed E-state index contributed by atoms with van der Waals surface area (Å²) in [6, 6.07) is 12.1. The first-order valence-corrected chi connectivity index (χ1v) is 11.8. The van der Waals surface area contributed by atoms with Crippen LogP contribution in [0.5, 0.6) is 0 Å². The first-order valence-electron chi connectivity index (χ1n) is 10.2. The lowest BCUT2D eigenvalue weighted by molar-refractivity contribution is -0.393. The Balaban J connectivity index is 1.53. The van der Waals surface area contributed by atoms with E-state index in [0.717, 1.165) is 30.0 Å². The maximum Gasteiger partial charge on any atom is 0.301 e. The minimum Gasteiger partial charge on any atom is -0.272 e. The largest absolute Gasteiger partial charge is 0.301 e. The molecule has 0 aliphatic heterocycles. The van der Waals surface area contributed by atoms with Gasteiger partial charge in [0, 0.05) is 28.3 Å². The smallest absolute Gasteiger partial charge is 0.272 e. The van der Waals surface area contributed by atoms with Crippen molar-refractivity contribution in [2.75, 3.05) is 5.43 Å². The molecular weight excluding hydrogens is 563 g/mol. The number of non-ortho nitro benzene ring substituents is 1. The van der Waals surface area contributed by atoms with Gasteiger partial charge in [-0.25, -0.2) is 4.98 Å². The van der Waals surface area contributed by atoms with E-state index in [1.165, 1.54) is 24.4 Å². The summed E-state index contributed by atoms with van der Waals surface area (Å²) in [5.74, 6) is 0.354. The van der Waals surface area contributed by atoms with Crippen molar-refractivity contribution in [3.63, 3.8) is 0 Å². The van der Waals surface area contributed by atoms with Gasteiger partial charge in [-0.15, -0.1) is 5.10 Å². The number of aromatic nitrogens is 3. The summed E-state index contributed by atoms with van der Waals surface area (Å²) in [7, 11) is 0.